The van der Waals surface area contributed by atoms with Crippen LogP contribution in [0.2, 0.25) is 0 Å². The number of alkyl halides is 4. The second kappa shape index (κ2) is 16.7. The largest absolute Gasteiger partial charge is 0.491 e. The first kappa shape index (κ1) is 39.0. The van der Waals surface area contributed by atoms with Crippen molar-refractivity contribution in [1.29, 1.82) is 0 Å². The zero-order chi connectivity index (χ0) is 38.3. The number of primary sulfonamides is 1. The number of benzene rings is 3. The quantitative estimate of drug-likeness (QED) is 0.0979. The average molecular weight is 781 g/mol. The lowest BCUT2D eigenvalue weighted by molar-refractivity contribution is -0.145. The van der Waals surface area contributed by atoms with Crippen LogP contribution in [0.15, 0.2) is 77.3 Å². The van der Waals surface area contributed by atoms with E-state index in [1.807, 2.05) is 0 Å². The molecular weight excluding hydrogens is 749 g/mol. The number of carbonyl (C=O) groups excluding carboxylic acids is 2. The molecule has 5 rings (SSSR count). The molecule has 53 heavy (non-hydrogen) atoms. The van der Waals surface area contributed by atoms with E-state index in [0.717, 1.165) is 30.6 Å². The van der Waals surface area contributed by atoms with Crippen molar-refractivity contribution in [3.63, 3.8) is 0 Å². The van der Waals surface area contributed by atoms with Gasteiger partial charge in [-0.15, -0.1) is 16.4 Å². The summed E-state index contributed by atoms with van der Waals surface area (Å²) in [6, 6.07) is 12.8. The monoisotopic (exact) mass is 780 g/mol. The Kier molecular flexibility index (Phi) is 12.3. The topological polar surface area (TPSA) is 198 Å². The van der Waals surface area contributed by atoms with Gasteiger partial charge in [-0.25, -0.2) is 32.4 Å². The number of hydrogen-bond acceptors (Lipinski definition) is 12. The Bertz CT molecular complexity index is 2150. The number of amides is 1. The Balaban J connectivity index is 1.35. The van der Waals surface area contributed by atoms with Crippen LogP contribution in [0, 0.1) is 0 Å². The number of methoxy groups -OCH3 is 1. The highest BCUT2D eigenvalue weighted by atomic mass is 32.2. The van der Waals surface area contributed by atoms with Gasteiger partial charge in [-0.3, -0.25) is 4.79 Å². The first-order chi connectivity index (χ1) is 25.1. The third kappa shape index (κ3) is 10.5. The number of aliphatic hydroxyl groups excluding tert-OH is 1. The predicted molar refractivity (Wildman–Crippen MR) is 181 cm³/mol. The smallest absolute Gasteiger partial charge is 0.416 e. The third-order valence-corrected chi connectivity index (χ3v) is 9.98. The number of aliphatic hydroxyl groups is 1. The molecule has 4 N–H and O–H groups in total. The lowest BCUT2D eigenvalue weighted by Gasteiger charge is -2.22. The highest BCUT2D eigenvalue weighted by Crippen LogP contribution is 2.30. The highest BCUT2D eigenvalue weighted by Gasteiger charge is 2.32. The Morgan fingerprint density at radius 3 is 2.30 bits per heavy atom. The van der Waals surface area contributed by atoms with Crippen molar-refractivity contribution < 1.29 is 54.9 Å². The van der Waals surface area contributed by atoms with Gasteiger partial charge in [0.05, 0.1) is 29.1 Å². The second-order valence-electron chi connectivity index (χ2n) is 11.6. The third-order valence-electron chi connectivity index (χ3n) is 7.65. The van der Waals surface area contributed by atoms with Gasteiger partial charge in [-0.05, 0) is 53.6 Å². The maximum absolute atomic E-state index is 13.9. The summed E-state index contributed by atoms with van der Waals surface area (Å²) >= 11 is 0.875. The summed E-state index contributed by atoms with van der Waals surface area (Å²) in [6.07, 6.45) is -4.58. The van der Waals surface area contributed by atoms with Gasteiger partial charge in [0, 0.05) is 12.8 Å². The van der Waals surface area contributed by atoms with E-state index in [2.05, 4.69) is 20.6 Å². The molecule has 3 aromatic carbocycles. The number of thiazole rings is 1. The molecule has 0 fully saturated rings. The van der Waals surface area contributed by atoms with Gasteiger partial charge in [0.15, 0.2) is 0 Å². The number of nitrogens with two attached hydrogens (primary N) is 1. The summed E-state index contributed by atoms with van der Waals surface area (Å²) in [6.45, 7) is -1.36. The minimum atomic E-state index is -4.56. The molecule has 2 aromatic heterocycles. The fourth-order valence-corrected chi connectivity index (χ4v) is 6.63. The summed E-state index contributed by atoms with van der Waals surface area (Å²) in [5.41, 5.74) is 0.761. The van der Waals surface area contributed by atoms with E-state index in [-0.39, 0.29) is 30.4 Å². The molecular formula is C33H32F4N6O8S2. The van der Waals surface area contributed by atoms with Crippen LogP contribution in [0.1, 0.15) is 28.4 Å². The van der Waals surface area contributed by atoms with Crippen molar-refractivity contribution in [2.24, 2.45) is 5.14 Å². The molecule has 1 amide bonds. The van der Waals surface area contributed by atoms with Crippen molar-refractivity contribution >= 4 is 43.5 Å². The van der Waals surface area contributed by atoms with E-state index in [1.54, 1.807) is 42.5 Å². The molecule has 2 unspecified atom stereocenters. The minimum absolute atomic E-state index is 0.00543. The van der Waals surface area contributed by atoms with Crippen LogP contribution in [-0.2, 0) is 50.0 Å². The standard InChI is InChI=1S/C33H32F4N6O8S2/c1-49-31(46)27(12-19-2-6-21(7-3-19)33(35,36)37)39-30(45)28(13-20-4-8-24(9-5-20)51-18-23(44)15-34)43-16-22(41-42-43)17-50-25-10-11-26-29(14-25)52-32(40-26)53(38,47)48/h2-11,14,16,23,27-28,44H,12-13,15,17-18H2,1H3,(H,39,45)(H2,38,47,48)/t23?,27?,28-/m0/s1. The van der Waals surface area contributed by atoms with Crippen LogP contribution in [0.5, 0.6) is 11.5 Å². The maximum Gasteiger partial charge on any atom is 0.416 e. The molecule has 5 aromatic rings. The molecule has 14 nitrogen and oxygen atoms in total. The van der Waals surface area contributed by atoms with E-state index in [0.29, 0.717) is 38.5 Å². The van der Waals surface area contributed by atoms with Gasteiger partial charge in [0.2, 0.25) is 10.2 Å². The number of hydrogen-bond donors (Lipinski definition) is 3. The maximum atomic E-state index is 13.9. The Morgan fingerprint density at radius 1 is 1.00 bits per heavy atom. The van der Waals surface area contributed by atoms with Crippen LogP contribution in [0.4, 0.5) is 17.6 Å². The van der Waals surface area contributed by atoms with Gasteiger partial charge < -0.3 is 24.6 Å². The number of aromatic nitrogens is 4. The molecule has 0 saturated heterocycles. The molecule has 0 aliphatic carbocycles. The van der Waals surface area contributed by atoms with E-state index in [4.69, 9.17) is 19.3 Å². The van der Waals surface area contributed by atoms with E-state index < -0.39 is 58.5 Å². The zero-order valence-corrected chi connectivity index (χ0v) is 29.3. The summed E-state index contributed by atoms with van der Waals surface area (Å²) in [7, 11) is -2.88. The van der Waals surface area contributed by atoms with Crippen LogP contribution < -0.4 is 19.9 Å². The Hall–Kier alpha value is -5.18. The number of esters is 1. The summed E-state index contributed by atoms with van der Waals surface area (Å²) in [4.78, 5) is 30.6. The van der Waals surface area contributed by atoms with Gasteiger partial charge in [-0.2, -0.15) is 13.2 Å². The predicted octanol–water partition coefficient (Wildman–Crippen LogP) is 3.53. The normalized spacial score (nSPS) is 13.6. The van der Waals surface area contributed by atoms with Crippen molar-refractivity contribution in [3.05, 3.63) is 95.3 Å². The van der Waals surface area contributed by atoms with Crippen LogP contribution in [0.25, 0.3) is 10.2 Å². The highest BCUT2D eigenvalue weighted by molar-refractivity contribution is 7.91. The number of ether oxygens (including phenoxy) is 3. The number of fused-ring (bicyclic) bond motifs is 1. The zero-order valence-electron chi connectivity index (χ0n) is 27.7. The van der Waals surface area contributed by atoms with Crippen molar-refractivity contribution in [2.75, 3.05) is 20.4 Å². The lowest BCUT2D eigenvalue weighted by atomic mass is 10.0. The fourth-order valence-electron chi connectivity index (χ4n) is 4.94. The number of sulfonamides is 1. The number of halogens is 4. The number of nitrogens with one attached hydrogen (secondary N) is 1. The molecule has 0 spiro atoms. The molecule has 0 aliphatic heterocycles. The van der Waals surface area contributed by atoms with Gasteiger partial charge in [0.1, 0.15) is 55.3 Å². The fraction of sp³-hybridized carbons (Fsp3) is 0.303. The molecule has 0 aliphatic rings. The molecule has 0 saturated carbocycles. The second-order valence-corrected chi connectivity index (χ2v) is 14.4. The summed E-state index contributed by atoms with van der Waals surface area (Å²) in [5, 5.41) is 25.5. The van der Waals surface area contributed by atoms with E-state index in [1.165, 1.54) is 23.0 Å². The van der Waals surface area contributed by atoms with Crippen molar-refractivity contribution in [2.45, 2.75) is 48.2 Å². The molecule has 0 radical (unpaired) electrons. The first-order valence-corrected chi connectivity index (χ1v) is 18.0. The van der Waals surface area contributed by atoms with Crippen LogP contribution in [-0.4, -0.2) is 77.9 Å². The average Bonchev–Trinajstić information content (AvgIpc) is 3.79. The molecule has 0 bridgehead atoms. The van der Waals surface area contributed by atoms with Crippen molar-refractivity contribution in [1.82, 2.24) is 25.3 Å². The van der Waals surface area contributed by atoms with Crippen LogP contribution >= 0.6 is 11.3 Å². The summed E-state index contributed by atoms with van der Waals surface area (Å²) in [5.74, 6) is -0.841. The number of nitrogens with zero attached hydrogens (tertiary/aromatic N) is 4. The lowest BCUT2D eigenvalue weighted by Crippen LogP contribution is -2.46. The van der Waals surface area contributed by atoms with E-state index in [9.17, 15) is 40.7 Å². The molecule has 3 atom stereocenters. The van der Waals surface area contributed by atoms with Gasteiger partial charge in [-0.1, -0.05) is 29.5 Å². The minimum Gasteiger partial charge on any atom is -0.491 e. The molecule has 20 heteroatoms. The summed E-state index contributed by atoms with van der Waals surface area (Å²) < 4.78 is 92.9. The van der Waals surface area contributed by atoms with Crippen molar-refractivity contribution in [3.8, 4) is 11.5 Å². The number of rotatable bonds is 16. The number of carbonyl (C=O) groups is 2. The van der Waals surface area contributed by atoms with Gasteiger partial charge in [0.25, 0.3) is 10.0 Å². The van der Waals surface area contributed by atoms with E-state index >= 15 is 0 Å². The first-order valence-electron chi connectivity index (χ1n) is 15.6. The van der Waals surface area contributed by atoms with Crippen LogP contribution in [0.3, 0.4) is 0 Å². The Morgan fingerprint density at radius 2 is 1.66 bits per heavy atom. The Labute approximate surface area is 303 Å². The SMILES string of the molecule is COC(=O)C(Cc1ccc(C(F)(F)F)cc1)NC(=O)[C@H](Cc1ccc(OCC(O)CF)cc1)n1cc(COc2ccc3nc(S(N)(=O)=O)sc3c2)nn1. The van der Waals surface area contributed by atoms with Gasteiger partial charge >= 0.3 is 12.1 Å². The molecule has 282 valence electrons. The molecule has 2 heterocycles.